The van der Waals surface area contributed by atoms with Gasteiger partial charge < -0.3 is 15.7 Å². The number of nitrogens with zero attached hydrogens (tertiary/aromatic N) is 5. The summed E-state index contributed by atoms with van der Waals surface area (Å²) in [6, 6.07) is 18.8. The first kappa shape index (κ1) is 22.9. The Morgan fingerprint density at radius 2 is 1.79 bits per heavy atom. The second-order valence-electron chi connectivity index (χ2n) is 7.29. The number of tetrazole rings is 1. The number of primary sulfonamides is 1. The zero-order valence-electron chi connectivity index (χ0n) is 18.0. The van der Waals surface area contributed by atoms with Gasteiger partial charge in [-0.2, -0.15) is 0 Å². The van der Waals surface area contributed by atoms with Gasteiger partial charge in [0.15, 0.2) is 11.7 Å². The van der Waals surface area contributed by atoms with E-state index in [0.717, 1.165) is 5.56 Å². The number of hydrogen-bond donors (Lipinski definition) is 3. The molecule has 1 aromatic heterocycles. The second kappa shape index (κ2) is 9.29. The first-order valence-corrected chi connectivity index (χ1v) is 11.5. The maximum Gasteiger partial charge on any atom is 0.238 e. The molecule has 0 bridgehead atoms. The summed E-state index contributed by atoms with van der Waals surface area (Å²) in [4.78, 5) is -0.115. The van der Waals surface area contributed by atoms with E-state index in [-0.39, 0.29) is 28.7 Å². The molecule has 5 N–H and O–H groups in total. The van der Waals surface area contributed by atoms with E-state index in [1.807, 2.05) is 24.3 Å². The number of methoxy groups -OCH3 is 1. The van der Waals surface area contributed by atoms with Crippen molar-refractivity contribution >= 4 is 15.9 Å². The lowest BCUT2D eigenvalue weighted by Gasteiger charge is -2.14. The Morgan fingerprint density at radius 1 is 1.09 bits per heavy atom. The van der Waals surface area contributed by atoms with Crippen LogP contribution in [0.25, 0.3) is 22.5 Å². The highest BCUT2D eigenvalue weighted by molar-refractivity contribution is 7.89. The van der Waals surface area contributed by atoms with E-state index >= 15 is 0 Å². The summed E-state index contributed by atoms with van der Waals surface area (Å²) in [7, 11) is -2.53. The third-order valence-electron chi connectivity index (χ3n) is 5.18. The van der Waals surface area contributed by atoms with Crippen LogP contribution in [0.4, 0.5) is 0 Å². The molecule has 0 aliphatic carbocycles. The lowest BCUT2D eigenvalue weighted by molar-refractivity contribution is 0.318. The van der Waals surface area contributed by atoms with Gasteiger partial charge in [0.1, 0.15) is 5.75 Å². The Kier molecular flexibility index (Phi) is 6.25. The number of oxime groups is 1. The van der Waals surface area contributed by atoms with Crippen LogP contribution in [0, 0.1) is 0 Å². The fourth-order valence-electron chi connectivity index (χ4n) is 3.51. The van der Waals surface area contributed by atoms with Gasteiger partial charge in [0, 0.05) is 11.1 Å². The van der Waals surface area contributed by atoms with Crippen LogP contribution < -0.4 is 15.6 Å². The normalized spacial score (nSPS) is 12.0. The zero-order valence-corrected chi connectivity index (χ0v) is 18.8. The molecule has 34 heavy (non-hydrogen) atoms. The quantitative estimate of drug-likeness (QED) is 0.156. The van der Waals surface area contributed by atoms with Crippen molar-refractivity contribution in [3.63, 3.8) is 0 Å². The van der Waals surface area contributed by atoms with Crippen LogP contribution >= 0.6 is 0 Å². The van der Waals surface area contributed by atoms with E-state index in [9.17, 15) is 8.42 Å². The van der Waals surface area contributed by atoms with Crippen molar-refractivity contribution in [2.45, 2.75) is 11.4 Å². The Hall–Kier alpha value is -4.29. The lowest BCUT2D eigenvalue weighted by Crippen LogP contribution is -2.15. The summed E-state index contributed by atoms with van der Waals surface area (Å²) in [5.74, 6) is 0.891. The van der Waals surface area contributed by atoms with Crippen molar-refractivity contribution in [3.05, 3.63) is 77.9 Å². The minimum absolute atomic E-state index is 0.0477. The maximum atomic E-state index is 12.5. The molecule has 1 heterocycles. The van der Waals surface area contributed by atoms with Gasteiger partial charge in [-0.25, -0.2) is 18.2 Å². The van der Waals surface area contributed by atoms with E-state index in [1.165, 1.54) is 10.7 Å². The summed E-state index contributed by atoms with van der Waals surface area (Å²) in [5, 5.41) is 29.4. The molecule has 3 aromatic carbocycles. The number of ether oxygens (including phenoxy) is 1. The van der Waals surface area contributed by atoms with Crippen molar-refractivity contribution in [3.8, 4) is 28.3 Å². The second-order valence-corrected chi connectivity index (χ2v) is 8.82. The molecule has 0 aliphatic rings. The number of sulfonamides is 1. The zero-order chi connectivity index (χ0) is 24.3. The van der Waals surface area contributed by atoms with E-state index in [0.29, 0.717) is 22.4 Å². The van der Waals surface area contributed by atoms with Crippen LogP contribution in [-0.4, -0.2) is 46.8 Å². The van der Waals surface area contributed by atoms with Gasteiger partial charge in [-0.05, 0) is 45.3 Å². The molecule has 0 fully saturated rings. The van der Waals surface area contributed by atoms with Gasteiger partial charge in [-0.1, -0.05) is 53.7 Å². The number of benzene rings is 3. The third-order valence-corrected chi connectivity index (χ3v) is 6.13. The van der Waals surface area contributed by atoms with Crippen LogP contribution in [-0.2, 0) is 16.6 Å². The molecule has 11 nitrogen and oxygen atoms in total. The van der Waals surface area contributed by atoms with Crippen LogP contribution in [0.15, 0.2) is 76.8 Å². The largest absolute Gasteiger partial charge is 0.497 e. The molecule has 0 aliphatic heterocycles. The molecule has 12 heteroatoms. The van der Waals surface area contributed by atoms with Gasteiger partial charge in [0.05, 0.1) is 18.6 Å². The summed E-state index contributed by atoms with van der Waals surface area (Å²) in [6.07, 6.45) is 0. The molecule has 0 atom stereocenters. The highest BCUT2D eigenvalue weighted by atomic mass is 32.2. The molecule has 4 rings (SSSR count). The van der Waals surface area contributed by atoms with Gasteiger partial charge >= 0.3 is 0 Å². The SMILES string of the molecule is COc1ccc(Cn2nnnc2-c2c(-c3ccc(C(N)=NO)cc3)cccc2S(N)(=O)=O)cc1. The number of hydrogen-bond acceptors (Lipinski definition) is 8. The van der Waals surface area contributed by atoms with Crippen molar-refractivity contribution in [1.82, 2.24) is 20.2 Å². The Labute approximate surface area is 195 Å². The first-order valence-electron chi connectivity index (χ1n) is 9.95. The fourth-order valence-corrected chi connectivity index (χ4v) is 4.27. The van der Waals surface area contributed by atoms with Crippen LogP contribution in [0.3, 0.4) is 0 Å². The van der Waals surface area contributed by atoms with Gasteiger partial charge in [0.2, 0.25) is 10.0 Å². The molecule has 0 spiro atoms. The molecule has 0 unspecified atom stereocenters. The minimum atomic E-state index is -4.11. The van der Waals surface area contributed by atoms with Crippen LogP contribution in [0.1, 0.15) is 11.1 Å². The van der Waals surface area contributed by atoms with E-state index in [2.05, 4.69) is 20.7 Å². The summed E-state index contributed by atoms with van der Waals surface area (Å²) < 4.78 is 31.7. The Bertz CT molecular complexity index is 1450. The predicted octanol–water partition coefficient (Wildman–Crippen LogP) is 1.81. The van der Waals surface area contributed by atoms with Crippen molar-refractivity contribution in [2.75, 3.05) is 7.11 Å². The fraction of sp³-hybridized carbons (Fsp3) is 0.0909. The highest BCUT2D eigenvalue weighted by Crippen LogP contribution is 2.36. The summed E-state index contributed by atoms with van der Waals surface area (Å²) in [5.41, 5.74) is 8.50. The van der Waals surface area contributed by atoms with Gasteiger partial charge in [0.25, 0.3) is 0 Å². The molecule has 4 aromatic rings. The maximum absolute atomic E-state index is 12.5. The molecular weight excluding hydrogens is 458 g/mol. The molecule has 0 amide bonds. The van der Waals surface area contributed by atoms with Gasteiger partial charge in [-0.15, -0.1) is 5.10 Å². The minimum Gasteiger partial charge on any atom is -0.497 e. The van der Waals surface area contributed by atoms with Crippen molar-refractivity contribution < 1.29 is 18.4 Å². The smallest absolute Gasteiger partial charge is 0.238 e. The molecule has 0 saturated heterocycles. The summed E-state index contributed by atoms with van der Waals surface area (Å²) >= 11 is 0. The van der Waals surface area contributed by atoms with Crippen molar-refractivity contribution in [2.24, 2.45) is 16.0 Å². The lowest BCUT2D eigenvalue weighted by atomic mass is 9.98. The topological polar surface area (TPSA) is 172 Å². The summed E-state index contributed by atoms with van der Waals surface area (Å²) in [6.45, 7) is 0.285. The van der Waals surface area contributed by atoms with E-state index < -0.39 is 10.0 Å². The average Bonchev–Trinajstić information content (AvgIpc) is 3.30. The predicted molar refractivity (Wildman–Crippen MR) is 125 cm³/mol. The number of rotatable bonds is 7. The molecule has 174 valence electrons. The van der Waals surface area contributed by atoms with Gasteiger partial charge in [-0.3, -0.25) is 0 Å². The van der Waals surface area contributed by atoms with Crippen LogP contribution in [0.2, 0.25) is 0 Å². The standard InChI is InChI=1S/C22H21N7O4S/c1-33-17-11-5-14(6-12-17)13-29-22(25-27-28-29)20-18(3-2-4-19(20)34(24,31)32)15-7-9-16(10-8-15)21(23)26-30/h2-12,30H,13H2,1H3,(H2,23,26)(H2,24,31,32). The third kappa shape index (κ3) is 4.58. The molecule has 0 radical (unpaired) electrons. The first-order chi connectivity index (χ1) is 16.3. The highest BCUT2D eigenvalue weighted by Gasteiger charge is 2.24. The monoisotopic (exact) mass is 479 g/mol. The number of aromatic nitrogens is 4. The Balaban J connectivity index is 1.85. The average molecular weight is 480 g/mol. The molecule has 0 saturated carbocycles. The van der Waals surface area contributed by atoms with E-state index in [4.69, 9.17) is 20.8 Å². The van der Waals surface area contributed by atoms with E-state index in [1.54, 1.807) is 43.5 Å². The number of nitrogens with two attached hydrogens (primary N) is 2. The van der Waals surface area contributed by atoms with Crippen LogP contribution in [0.5, 0.6) is 5.75 Å². The van der Waals surface area contributed by atoms with Crippen molar-refractivity contribution in [1.29, 1.82) is 0 Å². The molecular formula is C22H21N7O4S. The number of amidine groups is 1. The Morgan fingerprint density at radius 3 is 2.41 bits per heavy atom.